The van der Waals surface area contributed by atoms with E-state index in [1.807, 2.05) is 0 Å². The van der Waals surface area contributed by atoms with Crippen molar-refractivity contribution in [2.24, 2.45) is 0 Å². The highest BCUT2D eigenvalue weighted by molar-refractivity contribution is 6.11. The number of nitrogens with one attached hydrogen (secondary N) is 1. The van der Waals surface area contributed by atoms with Gasteiger partial charge in [-0.2, -0.15) is 0 Å². The summed E-state index contributed by atoms with van der Waals surface area (Å²) in [5, 5.41) is 2.81. The zero-order chi connectivity index (χ0) is 20.3. The van der Waals surface area contributed by atoms with Crippen LogP contribution in [0.2, 0.25) is 0 Å². The van der Waals surface area contributed by atoms with Gasteiger partial charge in [0.15, 0.2) is 0 Å². The maximum atomic E-state index is 12.6. The molecule has 1 N–H and O–H groups in total. The number of carbonyl (C=O) groups excluding carboxylic acids is 3. The summed E-state index contributed by atoms with van der Waals surface area (Å²) in [6, 6.07) is 11.8. The van der Waals surface area contributed by atoms with Crippen molar-refractivity contribution in [1.29, 1.82) is 0 Å². The average molecular weight is 382 g/mol. The first-order valence-electron chi connectivity index (χ1n) is 8.88. The van der Waals surface area contributed by atoms with Crippen molar-refractivity contribution >= 4 is 17.7 Å². The summed E-state index contributed by atoms with van der Waals surface area (Å²) in [6.45, 7) is 1.47. The molecule has 0 radical (unpaired) electrons. The minimum absolute atomic E-state index is 0.106. The third kappa shape index (κ3) is 3.83. The van der Waals surface area contributed by atoms with Crippen LogP contribution in [0.3, 0.4) is 0 Å². The zero-order valence-electron chi connectivity index (χ0n) is 16.0. The first kappa shape index (κ1) is 19.4. The van der Waals surface area contributed by atoms with Gasteiger partial charge in [0.1, 0.15) is 18.0 Å². The number of amides is 3. The predicted molar refractivity (Wildman–Crippen MR) is 102 cm³/mol. The summed E-state index contributed by atoms with van der Waals surface area (Å²) < 4.78 is 10.6. The van der Waals surface area contributed by atoms with Crippen LogP contribution in [-0.2, 0) is 16.0 Å². The van der Waals surface area contributed by atoms with Crippen molar-refractivity contribution in [3.63, 3.8) is 0 Å². The van der Waals surface area contributed by atoms with Gasteiger partial charge < -0.3 is 14.8 Å². The molecule has 0 unspecified atom stereocenters. The number of ether oxygens (including phenoxy) is 2. The Hall–Kier alpha value is -3.35. The first-order chi connectivity index (χ1) is 13.4. The molecule has 3 amide bonds. The molecular formula is C21H22N2O5. The van der Waals surface area contributed by atoms with E-state index in [0.717, 1.165) is 10.5 Å². The number of fused-ring (bicyclic) bond motifs is 1. The topological polar surface area (TPSA) is 84.9 Å². The average Bonchev–Trinajstić information content (AvgIpc) is 2.70. The minimum Gasteiger partial charge on any atom is -0.497 e. The molecule has 146 valence electrons. The second kappa shape index (κ2) is 8.12. The molecule has 0 aliphatic carbocycles. The highest BCUT2D eigenvalue weighted by atomic mass is 16.5. The fourth-order valence-corrected chi connectivity index (χ4v) is 3.25. The van der Waals surface area contributed by atoms with Gasteiger partial charge >= 0.3 is 0 Å². The molecule has 2 aromatic carbocycles. The lowest BCUT2D eigenvalue weighted by Gasteiger charge is -2.27. The Kier molecular flexibility index (Phi) is 5.63. The van der Waals surface area contributed by atoms with Crippen molar-refractivity contribution in [2.45, 2.75) is 19.4 Å². The third-order valence-electron chi connectivity index (χ3n) is 4.72. The molecule has 28 heavy (non-hydrogen) atoms. The van der Waals surface area contributed by atoms with Crippen molar-refractivity contribution in [2.75, 3.05) is 20.8 Å². The summed E-state index contributed by atoms with van der Waals surface area (Å²) in [7, 11) is 3.10. The van der Waals surface area contributed by atoms with Gasteiger partial charge in [-0.15, -0.1) is 0 Å². The van der Waals surface area contributed by atoms with Crippen LogP contribution >= 0.6 is 0 Å². The Morgan fingerprint density at radius 1 is 1.14 bits per heavy atom. The smallest absolute Gasteiger partial charge is 0.261 e. The Labute approximate surface area is 163 Å². The van der Waals surface area contributed by atoms with Gasteiger partial charge in [-0.25, -0.2) is 0 Å². The van der Waals surface area contributed by atoms with Gasteiger partial charge in [0.2, 0.25) is 11.8 Å². The number of rotatable bonds is 6. The van der Waals surface area contributed by atoms with E-state index in [1.165, 1.54) is 0 Å². The number of imide groups is 1. The molecule has 7 heteroatoms. The molecule has 0 fully saturated rings. The van der Waals surface area contributed by atoms with E-state index < -0.39 is 17.9 Å². The number of methoxy groups -OCH3 is 2. The Bertz CT molecular complexity index is 925. The summed E-state index contributed by atoms with van der Waals surface area (Å²) in [6.07, 6.45) is 0.106. The fourth-order valence-electron chi connectivity index (χ4n) is 3.25. The largest absolute Gasteiger partial charge is 0.497 e. The molecule has 2 aromatic rings. The van der Waals surface area contributed by atoms with Gasteiger partial charge in [-0.3, -0.25) is 19.3 Å². The molecular weight excluding hydrogens is 360 g/mol. The van der Waals surface area contributed by atoms with Crippen molar-refractivity contribution in [1.82, 2.24) is 10.2 Å². The molecule has 3 rings (SSSR count). The van der Waals surface area contributed by atoms with Crippen LogP contribution in [0, 0.1) is 0 Å². The van der Waals surface area contributed by atoms with Crippen molar-refractivity contribution in [3.8, 4) is 11.5 Å². The molecule has 0 saturated heterocycles. The Balaban J connectivity index is 1.72. The standard InChI is InChI=1S/C21H22N2O5/c1-13(17-11-15(27-2)8-9-18(17)28-3)22-19(24)12-23-20(25)10-14-6-4-5-7-16(14)21(23)26/h4-9,11,13H,10,12H2,1-3H3,(H,22,24)/t13-/m0/s1. The molecule has 1 aliphatic heterocycles. The third-order valence-corrected chi connectivity index (χ3v) is 4.72. The molecule has 0 saturated carbocycles. The predicted octanol–water partition coefficient (Wildman–Crippen LogP) is 2.11. The molecule has 1 heterocycles. The van der Waals surface area contributed by atoms with Gasteiger partial charge in [0.05, 0.1) is 26.7 Å². The maximum Gasteiger partial charge on any atom is 0.261 e. The molecule has 0 spiro atoms. The van der Waals surface area contributed by atoms with Crippen LogP contribution in [0.1, 0.15) is 34.5 Å². The molecule has 7 nitrogen and oxygen atoms in total. The van der Waals surface area contributed by atoms with Crippen molar-refractivity contribution < 1.29 is 23.9 Å². The number of nitrogens with zero attached hydrogens (tertiary/aromatic N) is 1. The number of benzene rings is 2. The van der Waals surface area contributed by atoms with Gasteiger partial charge in [0.25, 0.3) is 5.91 Å². The van der Waals surface area contributed by atoms with Gasteiger partial charge in [-0.1, -0.05) is 18.2 Å². The minimum atomic E-state index is -0.450. The van der Waals surface area contributed by atoms with E-state index in [-0.39, 0.29) is 18.9 Å². The molecule has 0 bridgehead atoms. The van der Waals surface area contributed by atoms with E-state index >= 15 is 0 Å². The quantitative estimate of drug-likeness (QED) is 0.774. The van der Waals surface area contributed by atoms with Crippen LogP contribution in [0.15, 0.2) is 42.5 Å². The van der Waals surface area contributed by atoms with Crippen LogP contribution in [-0.4, -0.2) is 43.4 Å². The summed E-state index contributed by atoms with van der Waals surface area (Å²) in [4.78, 5) is 38.4. The van der Waals surface area contributed by atoms with Crippen LogP contribution < -0.4 is 14.8 Å². The Morgan fingerprint density at radius 2 is 1.89 bits per heavy atom. The summed E-state index contributed by atoms with van der Waals surface area (Å²) >= 11 is 0. The van der Waals surface area contributed by atoms with Crippen LogP contribution in [0.25, 0.3) is 0 Å². The van der Waals surface area contributed by atoms with Gasteiger partial charge in [0, 0.05) is 11.1 Å². The number of carbonyl (C=O) groups is 3. The highest BCUT2D eigenvalue weighted by Crippen LogP contribution is 2.29. The normalized spacial score (nSPS) is 14.3. The molecule has 1 atom stereocenters. The summed E-state index contributed by atoms with van der Waals surface area (Å²) in [5.74, 6) is -0.0277. The van der Waals surface area contributed by atoms with E-state index in [4.69, 9.17) is 9.47 Å². The van der Waals surface area contributed by atoms with Crippen molar-refractivity contribution in [3.05, 3.63) is 59.2 Å². The lowest BCUT2D eigenvalue weighted by molar-refractivity contribution is -0.133. The maximum absolute atomic E-state index is 12.6. The fraction of sp³-hybridized carbons (Fsp3) is 0.286. The second-order valence-electron chi connectivity index (χ2n) is 6.52. The second-order valence-corrected chi connectivity index (χ2v) is 6.52. The lowest BCUT2D eigenvalue weighted by Crippen LogP contribution is -2.47. The van der Waals surface area contributed by atoms with Gasteiger partial charge in [-0.05, 0) is 36.8 Å². The molecule has 1 aliphatic rings. The highest BCUT2D eigenvalue weighted by Gasteiger charge is 2.32. The first-order valence-corrected chi connectivity index (χ1v) is 8.88. The molecule has 0 aromatic heterocycles. The van der Waals surface area contributed by atoms with E-state index in [2.05, 4.69) is 5.32 Å². The number of hydrogen-bond donors (Lipinski definition) is 1. The monoisotopic (exact) mass is 382 g/mol. The van der Waals surface area contributed by atoms with E-state index in [9.17, 15) is 14.4 Å². The van der Waals surface area contributed by atoms with E-state index in [1.54, 1.807) is 63.6 Å². The number of hydrogen-bond acceptors (Lipinski definition) is 5. The summed E-state index contributed by atoms with van der Waals surface area (Å²) in [5.41, 5.74) is 1.87. The van der Waals surface area contributed by atoms with Crippen LogP contribution in [0.5, 0.6) is 11.5 Å². The SMILES string of the molecule is COc1ccc(OC)c([C@H](C)NC(=O)CN2C(=O)Cc3ccccc3C2=O)c1. The zero-order valence-corrected chi connectivity index (χ0v) is 16.0. The van der Waals surface area contributed by atoms with E-state index in [0.29, 0.717) is 22.6 Å². The van der Waals surface area contributed by atoms with Crippen LogP contribution in [0.4, 0.5) is 0 Å². The Morgan fingerprint density at radius 3 is 2.61 bits per heavy atom. The lowest BCUT2D eigenvalue weighted by atomic mass is 9.98.